The third-order valence-electron chi connectivity index (χ3n) is 8.81. The first-order valence-corrected chi connectivity index (χ1v) is 15.8. The molecule has 0 amide bonds. The summed E-state index contributed by atoms with van der Waals surface area (Å²) in [6, 6.07) is 12.0. The lowest BCUT2D eigenvalue weighted by molar-refractivity contribution is -0.146. The lowest BCUT2D eigenvalue weighted by Gasteiger charge is -2.33. The first kappa shape index (κ1) is 30.6. The van der Waals surface area contributed by atoms with Gasteiger partial charge in [0.2, 0.25) is 5.89 Å². The van der Waals surface area contributed by atoms with Crippen molar-refractivity contribution in [2.24, 2.45) is 0 Å². The fraction of sp³-hybridized carbons (Fsp3) is 0.394. The van der Waals surface area contributed by atoms with E-state index in [1.807, 2.05) is 36.4 Å². The average molecular weight is 633 g/mol. The van der Waals surface area contributed by atoms with Crippen LogP contribution in [-0.4, -0.2) is 43.0 Å². The molecule has 5 aromatic rings. The van der Waals surface area contributed by atoms with Crippen LogP contribution in [0.5, 0.6) is 5.75 Å². The maximum Gasteiger partial charge on any atom is 0.333 e. The van der Waals surface area contributed by atoms with Gasteiger partial charge in [0, 0.05) is 24.0 Å². The van der Waals surface area contributed by atoms with E-state index in [9.17, 15) is 19.5 Å². The van der Waals surface area contributed by atoms with Gasteiger partial charge in [-0.25, -0.2) is 19.1 Å². The summed E-state index contributed by atoms with van der Waals surface area (Å²) in [5.74, 6) is -0.381. The maximum absolute atomic E-state index is 14.3. The van der Waals surface area contributed by atoms with Crippen molar-refractivity contribution >= 4 is 27.5 Å². The first-order chi connectivity index (χ1) is 21.6. The molecule has 1 saturated carbocycles. The molecular formula is C33H36N4O7S. The van der Waals surface area contributed by atoms with Crippen molar-refractivity contribution in [3.63, 3.8) is 0 Å². The van der Waals surface area contributed by atoms with E-state index in [0.29, 0.717) is 33.0 Å². The summed E-state index contributed by atoms with van der Waals surface area (Å²) < 4.78 is 22.6. The molecule has 236 valence electrons. The van der Waals surface area contributed by atoms with Gasteiger partial charge in [-0.15, -0.1) is 11.3 Å². The number of benzene rings is 1. The molecule has 6 rings (SSSR count). The molecule has 4 aromatic heterocycles. The number of fused-ring (bicyclic) bond motifs is 1. The SMILES string of the molecule is COc1ccccc1C(Cn1c(=O)n(C(C)(C)C(=O)O)c(=O)c2c(C)c(-c3ncco3)sc21)OC1CCC(n2cccc2)CC1. The second kappa shape index (κ2) is 12.2. The maximum atomic E-state index is 14.3. The highest BCUT2D eigenvalue weighted by Crippen LogP contribution is 2.39. The summed E-state index contributed by atoms with van der Waals surface area (Å²) in [6.07, 6.45) is 9.96. The van der Waals surface area contributed by atoms with Crippen molar-refractivity contribution in [2.75, 3.05) is 7.11 Å². The Kier molecular flexibility index (Phi) is 8.27. The van der Waals surface area contributed by atoms with Crippen LogP contribution in [0, 0.1) is 6.92 Å². The van der Waals surface area contributed by atoms with E-state index < -0.39 is 28.9 Å². The molecule has 1 aliphatic rings. The Morgan fingerprint density at radius 3 is 2.49 bits per heavy atom. The van der Waals surface area contributed by atoms with Gasteiger partial charge in [-0.3, -0.25) is 9.36 Å². The number of carboxylic acids is 1. The molecule has 0 spiro atoms. The van der Waals surface area contributed by atoms with Gasteiger partial charge < -0.3 is 23.6 Å². The number of carbonyl (C=O) groups is 1. The Balaban J connectivity index is 1.48. The van der Waals surface area contributed by atoms with Crippen LogP contribution in [0.25, 0.3) is 21.0 Å². The van der Waals surface area contributed by atoms with Gasteiger partial charge in [0.05, 0.1) is 36.2 Å². The van der Waals surface area contributed by atoms with Crippen LogP contribution < -0.4 is 16.0 Å². The predicted molar refractivity (Wildman–Crippen MR) is 170 cm³/mol. The highest BCUT2D eigenvalue weighted by Gasteiger charge is 2.36. The summed E-state index contributed by atoms with van der Waals surface area (Å²) in [4.78, 5) is 45.9. The zero-order valence-electron chi connectivity index (χ0n) is 25.6. The molecule has 12 heteroatoms. The summed E-state index contributed by atoms with van der Waals surface area (Å²) in [5, 5.41) is 10.3. The van der Waals surface area contributed by atoms with Crippen molar-refractivity contribution in [3.8, 4) is 16.5 Å². The highest BCUT2D eigenvalue weighted by molar-refractivity contribution is 7.22. The molecule has 4 heterocycles. The van der Waals surface area contributed by atoms with Crippen molar-refractivity contribution < 1.29 is 23.8 Å². The first-order valence-electron chi connectivity index (χ1n) is 14.9. The number of hydrogen-bond donors (Lipinski definition) is 1. The quantitative estimate of drug-likeness (QED) is 0.206. The van der Waals surface area contributed by atoms with E-state index in [1.165, 1.54) is 42.2 Å². The topological polar surface area (TPSA) is 131 Å². The van der Waals surface area contributed by atoms with Crippen LogP contribution in [-0.2, 0) is 21.6 Å². The average Bonchev–Trinajstić information content (AvgIpc) is 3.81. The van der Waals surface area contributed by atoms with E-state index >= 15 is 0 Å². The molecule has 0 aliphatic heterocycles. The molecule has 1 fully saturated rings. The number of thiophene rings is 1. The number of carboxylic acid groups (broad SMARTS) is 1. The van der Waals surface area contributed by atoms with Crippen LogP contribution in [0.15, 0.2) is 75.3 Å². The van der Waals surface area contributed by atoms with Gasteiger partial charge in [0.25, 0.3) is 5.56 Å². The van der Waals surface area contributed by atoms with Crippen molar-refractivity contribution in [1.82, 2.24) is 18.7 Å². The van der Waals surface area contributed by atoms with Gasteiger partial charge in [0.15, 0.2) is 0 Å². The van der Waals surface area contributed by atoms with Gasteiger partial charge in [0.1, 0.15) is 28.5 Å². The van der Waals surface area contributed by atoms with Gasteiger partial charge in [-0.2, -0.15) is 0 Å². The Labute approximate surface area is 263 Å². The number of rotatable bonds is 10. The molecule has 0 saturated heterocycles. The van der Waals surface area contributed by atoms with Crippen molar-refractivity contribution in [3.05, 3.63) is 93.2 Å². The zero-order chi connectivity index (χ0) is 31.9. The number of aromatic nitrogens is 4. The summed E-state index contributed by atoms with van der Waals surface area (Å²) in [5.41, 5.74) is -1.92. The highest BCUT2D eigenvalue weighted by atomic mass is 32.1. The second-order valence-corrected chi connectivity index (χ2v) is 12.9. The number of hydrogen-bond acceptors (Lipinski definition) is 8. The third kappa shape index (κ3) is 5.53. The lowest BCUT2D eigenvalue weighted by atomic mass is 9.92. The zero-order valence-corrected chi connectivity index (χ0v) is 26.5. The summed E-state index contributed by atoms with van der Waals surface area (Å²) >= 11 is 1.21. The van der Waals surface area contributed by atoms with Crippen LogP contribution in [0.4, 0.5) is 0 Å². The number of para-hydroxylation sites is 1. The van der Waals surface area contributed by atoms with Crippen LogP contribution in [0.2, 0.25) is 0 Å². The van der Waals surface area contributed by atoms with E-state index in [-0.39, 0.29) is 18.0 Å². The molecule has 45 heavy (non-hydrogen) atoms. The van der Waals surface area contributed by atoms with E-state index in [1.54, 1.807) is 14.0 Å². The molecule has 0 bridgehead atoms. The van der Waals surface area contributed by atoms with E-state index in [0.717, 1.165) is 35.8 Å². The number of nitrogens with zero attached hydrogens (tertiary/aromatic N) is 4. The fourth-order valence-electron chi connectivity index (χ4n) is 6.25. The number of aliphatic carboxylic acids is 1. The van der Waals surface area contributed by atoms with Crippen molar-refractivity contribution in [1.29, 1.82) is 0 Å². The molecule has 0 radical (unpaired) electrons. The van der Waals surface area contributed by atoms with Crippen LogP contribution in [0.1, 0.15) is 62.8 Å². The van der Waals surface area contributed by atoms with Crippen LogP contribution in [0.3, 0.4) is 0 Å². The van der Waals surface area contributed by atoms with Crippen LogP contribution >= 0.6 is 11.3 Å². The molecule has 1 unspecified atom stereocenters. The smallest absolute Gasteiger partial charge is 0.333 e. The minimum Gasteiger partial charge on any atom is -0.496 e. The molecule has 1 aromatic carbocycles. The minimum absolute atomic E-state index is 0.0220. The summed E-state index contributed by atoms with van der Waals surface area (Å²) in [7, 11) is 1.59. The Morgan fingerprint density at radius 1 is 1.13 bits per heavy atom. The van der Waals surface area contributed by atoms with Gasteiger partial charge in [-0.1, -0.05) is 18.2 Å². The fourth-order valence-corrected chi connectivity index (χ4v) is 7.49. The molecule has 1 N–H and O–H groups in total. The second-order valence-electron chi connectivity index (χ2n) is 11.9. The Morgan fingerprint density at radius 2 is 1.84 bits per heavy atom. The largest absolute Gasteiger partial charge is 0.496 e. The molecule has 1 atom stereocenters. The lowest BCUT2D eigenvalue weighted by Crippen LogP contribution is -2.52. The van der Waals surface area contributed by atoms with E-state index in [4.69, 9.17) is 13.9 Å². The minimum atomic E-state index is -1.82. The normalized spacial score (nSPS) is 17.9. The van der Waals surface area contributed by atoms with Crippen molar-refractivity contribution in [2.45, 2.75) is 76.8 Å². The van der Waals surface area contributed by atoms with Gasteiger partial charge in [-0.05, 0) is 70.2 Å². The van der Waals surface area contributed by atoms with E-state index in [2.05, 4.69) is 21.9 Å². The number of methoxy groups -OCH3 is 1. The molecule has 1 aliphatic carbocycles. The standard InChI is InChI=1S/C33H36N4O7S/c1-20-26-29(38)37(33(2,3)31(39)40)32(41)36(30(26)45-27(20)28-34-15-18-43-28)19-25(23-9-5-6-10-24(23)42-4)44-22-13-11-21(12-14-22)35-16-7-8-17-35/h5-10,15-18,21-22,25H,11-14,19H2,1-4H3,(H,39,40). The third-order valence-corrected chi connectivity index (χ3v) is 10.1. The predicted octanol–water partition coefficient (Wildman–Crippen LogP) is 5.76. The number of ether oxygens (including phenoxy) is 2. The number of aryl methyl sites for hydroxylation is 1. The Bertz CT molecular complexity index is 1930. The number of oxazole rings is 1. The van der Waals surface area contributed by atoms with Gasteiger partial charge >= 0.3 is 11.7 Å². The molecular weight excluding hydrogens is 596 g/mol. The molecule has 11 nitrogen and oxygen atoms in total. The Hall–Kier alpha value is -4.42. The monoisotopic (exact) mass is 632 g/mol. The summed E-state index contributed by atoms with van der Waals surface area (Å²) in [6.45, 7) is 4.48.